The maximum atomic E-state index is 6.11. The molecule has 0 aliphatic heterocycles. The molecule has 2 N–H and O–H groups in total. The Bertz CT molecular complexity index is 407. The summed E-state index contributed by atoms with van der Waals surface area (Å²) in [5.74, 6) is 0.752. The topological polar surface area (TPSA) is 53.7 Å². The van der Waals surface area contributed by atoms with Crippen LogP contribution < -0.4 is 10.2 Å². The Morgan fingerprint density at radius 3 is 2.47 bits per heavy atom. The summed E-state index contributed by atoms with van der Waals surface area (Å²) in [7, 11) is 0.265. The summed E-state index contributed by atoms with van der Waals surface area (Å²) >= 11 is 0. The molecule has 0 radical (unpaired) electrons. The highest BCUT2D eigenvalue weighted by atomic mass is 28.4. The minimum Gasteiger partial charge on any atom is -0.500 e. The van der Waals surface area contributed by atoms with Crippen molar-refractivity contribution in [1.82, 2.24) is 0 Å². The molecule has 0 amide bonds. The van der Waals surface area contributed by atoms with E-state index in [-0.39, 0.29) is 5.67 Å². The number of benzene rings is 1. The summed E-state index contributed by atoms with van der Waals surface area (Å²) < 4.78 is 17.1. The molecule has 0 bridgehead atoms. The Morgan fingerprint density at radius 2 is 1.95 bits per heavy atom. The smallest absolute Gasteiger partial charge is 0.500 e. The van der Waals surface area contributed by atoms with Crippen LogP contribution in [-0.4, -0.2) is 28.7 Å². The van der Waals surface area contributed by atoms with Crippen molar-refractivity contribution < 1.29 is 13.3 Å². The van der Waals surface area contributed by atoms with Crippen molar-refractivity contribution in [2.24, 2.45) is 5.73 Å². The maximum Gasteiger partial charge on any atom is 0.583 e. The Kier molecular flexibility index (Phi) is 6.24. The number of para-hydroxylation sites is 1. The lowest BCUT2D eigenvalue weighted by Crippen LogP contribution is -2.61. The van der Waals surface area contributed by atoms with E-state index >= 15 is 0 Å². The lowest BCUT2D eigenvalue weighted by Gasteiger charge is -2.31. The van der Waals surface area contributed by atoms with Crippen molar-refractivity contribution in [2.45, 2.75) is 25.4 Å². The average molecular weight is 281 g/mol. The lowest BCUT2D eigenvalue weighted by molar-refractivity contribution is 0.147. The van der Waals surface area contributed by atoms with Crippen LogP contribution in [0.2, 0.25) is 0 Å². The van der Waals surface area contributed by atoms with Crippen LogP contribution in [0.4, 0.5) is 0 Å². The molecule has 4 nitrogen and oxygen atoms in total. The molecule has 5 heteroatoms. The molecule has 0 saturated heterocycles. The van der Waals surface area contributed by atoms with Crippen molar-refractivity contribution in [1.29, 1.82) is 0 Å². The fraction of sp³-hybridized carbons (Fsp3) is 0.429. The number of allylic oxidation sites excluding steroid dienone is 1. The molecule has 0 spiro atoms. The van der Waals surface area contributed by atoms with E-state index in [4.69, 9.17) is 19.0 Å². The third-order valence-electron chi connectivity index (χ3n) is 3.05. The lowest BCUT2D eigenvalue weighted by atomic mass is 10.1. The standard InChI is InChI=1S/C14H23NO3Si/c1-5-9-12-10-7-8-11-13(12)18-19(16-3,17-4)14(15)6-2/h5,7-8,10-11,14H,1,6,9,15H2,2-4H3. The highest BCUT2D eigenvalue weighted by Gasteiger charge is 2.48. The molecule has 19 heavy (non-hydrogen) atoms. The molecular formula is C14H23NO3Si. The molecule has 0 saturated carbocycles. The normalized spacial score (nSPS) is 13.1. The molecular weight excluding hydrogens is 258 g/mol. The fourth-order valence-corrected chi connectivity index (χ4v) is 3.97. The molecule has 0 aliphatic carbocycles. The molecule has 1 aromatic carbocycles. The van der Waals surface area contributed by atoms with Crippen LogP contribution in [0.1, 0.15) is 18.9 Å². The first-order valence-corrected chi connectivity index (χ1v) is 8.17. The van der Waals surface area contributed by atoms with Crippen molar-refractivity contribution in [3.05, 3.63) is 42.5 Å². The van der Waals surface area contributed by atoms with Gasteiger partial charge < -0.3 is 19.0 Å². The Morgan fingerprint density at radius 1 is 1.32 bits per heavy atom. The van der Waals surface area contributed by atoms with Gasteiger partial charge in [0, 0.05) is 14.2 Å². The van der Waals surface area contributed by atoms with E-state index in [9.17, 15) is 0 Å². The van der Waals surface area contributed by atoms with Gasteiger partial charge in [0.05, 0.1) is 5.67 Å². The molecule has 0 heterocycles. The summed E-state index contributed by atoms with van der Waals surface area (Å²) in [6.45, 7) is 5.74. The minimum absolute atomic E-state index is 0.251. The zero-order valence-corrected chi connectivity index (χ0v) is 12.9. The highest BCUT2D eigenvalue weighted by molar-refractivity contribution is 6.63. The number of nitrogens with two attached hydrogens (primary N) is 1. The van der Waals surface area contributed by atoms with Gasteiger partial charge in [0.15, 0.2) is 0 Å². The molecule has 1 unspecified atom stereocenters. The van der Waals surface area contributed by atoms with E-state index in [2.05, 4.69) is 6.58 Å². The van der Waals surface area contributed by atoms with Gasteiger partial charge in [0.2, 0.25) is 0 Å². The van der Waals surface area contributed by atoms with Gasteiger partial charge in [-0.15, -0.1) is 6.58 Å². The number of hydrogen-bond acceptors (Lipinski definition) is 4. The fourth-order valence-electron chi connectivity index (χ4n) is 1.88. The molecule has 0 aromatic heterocycles. The van der Waals surface area contributed by atoms with Crippen molar-refractivity contribution in [3.8, 4) is 5.75 Å². The number of hydrogen-bond donors (Lipinski definition) is 1. The van der Waals surface area contributed by atoms with E-state index in [0.717, 1.165) is 24.2 Å². The zero-order chi connectivity index (χ0) is 14.3. The van der Waals surface area contributed by atoms with Gasteiger partial charge in [-0.25, -0.2) is 0 Å². The maximum absolute atomic E-state index is 6.11. The van der Waals surface area contributed by atoms with Crippen LogP contribution in [0.3, 0.4) is 0 Å². The Hall–Kier alpha value is -1.14. The summed E-state index contributed by atoms with van der Waals surface area (Å²) in [5.41, 5.74) is 6.91. The third-order valence-corrected chi connectivity index (χ3v) is 6.01. The van der Waals surface area contributed by atoms with Crippen molar-refractivity contribution in [3.63, 3.8) is 0 Å². The van der Waals surface area contributed by atoms with Crippen LogP contribution in [0.5, 0.6) is 5.75 Å². The van der Waals surface area contributed by atoms with E-state index in [0.29, 0.717) is 0 Å². The van der Waals surface area contributed by atoms with Gasteiger partial charge in [-0.1, -0.05) is 31.2 Å². The molecule has 1 atom stereocenters. The first kappa shape index (κ1) is 15.9. The predicted molar refractivity (Wildman–Crippen MR) is 79.0 cm³/mol. The molecule has 0 aliphatic rings. The minimum atomic E-state index is -2.90. The SMILES string of the molecule is C=CCc1ccccc1O[Si](OC)(OC)C(N)CC. The van der Waals surface area contributed by atoms with Gasteiger partial charge in [-0.05, 0) is 24.5 Å². The second kappa shape index (κ2) is 7.45. The number of rotatable bonds is 8. The van der Waals surface area contributed by atoms with Gasteiger partial charge in [-0.3, -0.25) is 0 Å². The summed E-state index contributed by atoms with van der Waals surface area (Å²) in [6.07, 6.45) is 3.30. The van der Waals surface area contributed by atoms with Crippen LogP contribution in [-0.2, 0) is 15.3 Å². The van der Waals surface area contributed by atoms with Gasteiger partial charge >= 0.3 is 8.80 Å². The zero-order valence-electron chi connectivity index (χ0n) is 11.9. The molecule has 106 valence electrons. The van der Waals surface area contributed by atoms with Crippen LogP contribution in [0, 0.1) is 0 Å². The average Bonchev–Trinajstić information content (AvgIpc) is 2.46. The largest absolute Gasteiger partial charge is 0.583 e. The highest BCUT2D eigenvalue weighted by Crippen LogP contribution is 2.24. The van der Waals surface area contributed by atoms with Crippen molar-refractivity contribution >= 4 is 8.80 Å². The first-order chi connectivity index (χ1) is 9.13. The monoisotopic (exact) mass is 281 g/mol. The quantitative estimate of drug-likeness (QED) is 0.587. The second-order valence-corrected chi connectivity index (χ2v) is 7.20. The van der Waals surface area contributed by atoms with Gasteiger partial charge in [-0.2, -0.15) is 0 Å². The molecule has 0 fully saturated rings. The van der Waals surface area contributed by atoms with E-state index < -0.39 is 8.80 Å². The molecule has 1 rings (SSSR count). The van der Waals surface area contributed by atoms with Crippen LogP contribution in [0.15, 0.2) is 36.9 Å². The van der Waals surface area contributed by atoms with E-state index in [1.165, 1.54) is 0 Å². The van der Waals surface area contributed by atoms with Crippen LogP contribution >= 0.6 is 0 Å². The molecule has 1 aromatic rings. The van der Waals surface area contributed by atoms with Gasteiger partial charge in [0.1, 0.15) is 5.75 Å². The van der Waals surface area contributed by atoms with Gasteiger partial charge in [0.25, 0.3) is 0 Å². The Balaban J connectivity index is 3.06. The van der Waals surface area contributed by atoms with Crippen molar-refractivity contribution in [2.75, 3.05) is 14.2 Å². The van der Waals surface area contributed by atoms with E-state index in [1.54, 1.807) is 14.2 Å². The first-order valence-electron chi connectivity index (χ1n) is 6.37. The predicted octanol–water partition coefficient (Wildman–Crippen LogP) is 2.30. The summed E-state index contributed by atoms with van der Waals surface area (Å²) in [4.78, 5) is 0. The second-order valence-electron chi connectivity index (χ2n) is 4.23. The Labute approximate surface area is 116 Å². The third kappa shape index (κ3) is 3.67. The summed E-state index contributed by atoms with van der Waals surface area (Å²) in [6, 6.07) is 7.79. The van der Waals surface area contributed by atoms with Crippen LogP contribution in [0.25, 0.3) is 0 Å². The summed E-state index contributed by atoms with van der Waals surface area (Å²) in [5, 5.41) is 0. The van der Waals surface area contributed by atoms with E-state index in [1.807, 2.05) is 37.3 Å².